The predicted molar refractivity (Wildman–Crippen MR) is 73.6 cm³/mol. The lowest BCUT2D eigenvalue weighted by atomic mass is 10.2. The van der Waals surface area contributed by atoms with Crippen LogP contribution < -0.4 is 5.32 Å². The van der Waals surface area contributed by atoms with E-state index in [1.54, 1.807) is 12.1 Å². The summed E-state index contributed by atoms with van der Waals surface area (Å²) in [5.41, 5.74) is 1.10. The van der Waals surface area contributed by atoms with Gasteiger partial charge in [0, 0.05) is 19.6 Å². The van der Waals surface area contributed by atoms with E-state index < -0.39 is 0 Å². The summed E-state index contributed by atoms with van der Waals surface area (Å²) in [6.45, 7) is 8.11. The van der Waals surface area contributed by atoms with Crippen LogP contribution in [0.25, 0.3) is 0 Å². The van der Waals surface area contributed by atoms with Crippen LogP contribution in [0.4, 0.5) is 0 Å². The van der Waals surface area contributed by atoms with Gasteiger partial charge in [0.25, 0.3) is 0 Å². The molecule has 1 aromatic carbocycles. The average molecular weight is 252 g/mol. The second-order valence-corrected chi connectivity index (χ2v) is 4.44. The van der Waals surface area contributed by atoms with E-state index in [4.69, 9.17) is 5.11 Å². The molecule has 18 heavy (non-hydrogen) atoms. The van der Waals surface area contributed by atoms with Crippen LogP contribution in [-0.2, 0) is 6.54 Å². The van der Waals surface area contributed by atoms with E-state index in [0.29, 0.717) is 19.6 Å². The normalized spacial score (nSPS) is 12.9. The van der Waals surface area contributed by atoms with Crippen LogP contribution in [0.2, 0.25) is 0 Å². The Labute approximate surface area is 109 Å². The standard InChI is InChI=1S/C14H24N2O2/c1-3-16(4-2)11-14(18)10-15-9-12-5-7-13(17)8-6-12/h5-8,14-15,17-18H,3-4,9-11H2,1-2H3. The number of likely N-dealkylation sites (N-methyl/N-ethyl adjacent to an activating group) is 1. The Bertz CT molecular complexity index is 323. The van der Waals surface area contributed by atoms with Crippen molar-refractivity contribution in [2.24, 2.45) is 0 Å². The lowest BCUT2D eigenvalue weighted by Gasteiger charge is -2.22. The van der Waals surface area contributed by atoms with Crippen LogP contribution in [0.3, 0.4) is 0 Å². The molecular formula is C14H24N2O2. The maximum atomic E-state index is 9.86. The van der Waals surface area contributed by atoms with Crippen molar-refractivity contribution in [1.82, 2.24) is 10.2 Å². The van der Waals surface area contributed by atoms with Crippen molar-refractivity contribution in [3.05, 3.63) is 29.8 Å². The molecule has 0 saturated carbocycles. The minimum absolute atomic E-state index is 0.278. The van der Waals surface area contributed by atoms with Gasteiger partial charge in [-0.3, -0.25) is 0 Å². The van der Waals surface area contributed by atoms with Gasteiger partial charge >= 0.3 is 0 Å². The molecular weight excluding hydrogens is 228 g/mol. The van der Waals surface area contributed by atoms with Crippen LogP contribution in [0, 0.1) is 0 Å². The van der Waals surface area contributed by atoms with E-state index in [0.717, 1.165) is 18.7 Å². The molecule has 0 bridgehead atoms. The first kappa shape index (κ1) is 15.0. The van der Waals surface area contributed by atoms with E-state index in [1.807, 2.05) is 12.1 Å². The summed E-state index contributed by atoms with van der Waals surface area (Å²) in [6.07, 6.45) is -0.345. The zero-order valence-corrected chi connectivity index (χ0v) is 11.3. The molecule has 0 aliphatic carbocycles. The van der Waals surface area contributed by atoms with E-state index in [9.17, 15) is 5.11 Å². The Kier molecular flexibility index (Phi) is 6.72. The van der Waals surface area contributed by atoms with Gasteiger partial charge < -0.3 is 20.4 Å². The first-order valence-corrected chi connectivity index (χ1v) is 6.54. The van der Waals surface area contributed by atoms with Crippen molar-refractivity contribution >= 4 is 0 Å². The van der Waals surface area contributed by atoms with Gasteiger partial charge in [-0.15, -0.1) is 0 Å². The molecule has 4 heteroatoms. The van der Waals surface area contributed by atoms with Crippen molar-refractivity contribution in [2.75, 3.05) is 26.2 Å². The minimum atomic E-state index is -0.345. The number of aliphatic hydroxyl groups is 1. The lowest BCUT2D eigenvalue weighted by molar-refractivity contribution is 0.116. The predicted octanol–water partition coefficient (Wildman–Crippen LogP) is 1.18. The van der Waals surface area contributed by atoms with Crippen LogP contribution in [0.1, 0.15) is 19.4 Å². The number of nitrogens with one attached hydrogen (secondary N) is 1. The molecule has 0 aliphatic rings. The highest BCUT2D eigenvalue weighted by Gasteiger charge is 2.08. The quantitative estimate of drug-likeness (QED) is 0.650. The molecule has 1 unspecified atom stereocenters. The van der Waals surface area contributed by atoms with Gasteiger partial charge in [-0.1, -0.05) is 26.0 Å². The third-order valence-electron chi connectivity index (χ3n) is 3.01. The second-order valence-electron chi connectivity index (χ2n) is 4.44. The Morgan fingerprint density at radius 3 is 2.33 bits per heavy atom. The van der Waals surface area contributed by atoms with Crippen molar-refractivity contribution in [3.8, 4) is 5.75 Å². The molecule has 1 aromatic rings. The fourth-order valence-electron chi connectivity index (χ4n) is 1.84. The maximum Gasteiger partial charge on any atom is 0.115 e. The topological polar surface area (TPSA) is 55.7 Å². The number of phenolic OH excluding ortho intramolecular Hbond substituents is 1. The lowest BCUT2D eigenvalue weighted by Crippen LogP contribution is -2.38. The third kappa shape index (κ3) is 5.49. The van der Waals surface area contributed by atoms with Gasteiger partial charge in [-0.25, -0.2) is 0 Å². The molecule has 0 radical (unpaired) electrons. The van der Waals surface area contributed by atoms with Crippen molar-refractivity contribution in [2.45, 2.75) is 26.5 Å². The van der Waals surface area contributed by atoms with Crippen molar-refractivity contribution in [3.63, 3.8) is 0 Å². The smallest absolute Gasteiger partial charge is 0.115 e. The number of hydrogen-bond acceptors (Lipinski definition) is 4. The zero-order valence-electron chi connectivity index (χ0n) is 11.3. The van der Waals surface area contributed by atoms with E-state index >= 15 is 0 Å². The highest BCUT2D eigenvalue weighted by atomic mass is 16.3. The van der Waals surface area contributed by atoms with Crippen LogP contribution in [-0.4, -0.2) is 47.4 Å². The summed E-state index contributed by atoms with van der Waals surface area (Å²) < 4.78 is 0. The Balaban J connectivity index is 2.22. The summed E-state index contributed by atoms with van der Waals surface area (Å²) in [6, 6.07) is 7.09. The summed E-state index contributed by atoms with van der Waals surface area (Å²) in [5.74, 6) is 0.278. The van der Waals surface area contributed by atoms with E-state index in [2.05, 4.69) is 24.1 Å². The molecule has 1 atom stereocenters. The number of nitrogens with zero attached hydrogens (tertiary/aromatic N) is 1. The molecule has 102 valence electrons. The summed E-state index contributed by atoms with van der Waals surface area (Å²) in [5, 5.41) is 22.2. The molecule has 0 saturated heterocycles. The fraction of sp³-hybridized carbons (Fsp3) is 0.571. The molecule has 0 amide bonds. The molecule has 1 rings (SSSR count). The monoisotopic (exact) mass is 252 g/mol. The van der Waals surface area contributed by atoms with Gasteiger partial charge in [0.15, 0.2) is 0 Å². The fourth-order valence-corrected chi connectivity index (χ4v) is 1.84. The molecule has 0 spiro atoms. The number of benzene rings is 1. The number of aromatic hydroxyl groups is 1. The third-order valence-corrected chi connectivity index (χ3v) is 3.01. The largest absolute Gasteiger partial charge is 0.508 e. The number of rotatable bonds is 8. The number of hydrogen-bond donors (Lipinski definition) is 3. The number of aliphatic hydroxyl groups excluding tert-OH is 1. The highest BCUT2D eigenvalue weighted by molar-refractivity contribution is 5.25. The van der Waals surface area contributed by atoms with Gasteiger partial charge in [-0.2, -0.15) is 0 Å². The molecule has 3 N–H and O–H groups in total. The van der Waals surface area contributed by atoms with Crippen LogP contribution >= 0.6 is 0 Å². The zero-order chi connectivity index (χ0) is 13.4. The average Bonchev–Trinajstić information content (AvgIpc) is 2.38. The van der Waals surface area contributed by atoms with Gasteiger partial charge in [0.05, 0.1) is 6.10 Å². The first-order valence-electron chi connectivity index (χ1n) is 6.54. The van der Waals surface area contributed by atoms with Gasteiger partial charge in [0.2, 0.25) is 0 Å². The van der Waals surface area contributed by atoms with E-state index in [-0.39, 0.29) is 11.9 Å². The molecule has 0 fully saturated rings. The molecule has 0 aliphatic heterocycles. The summed E-state index contributed by atoms with van der Waals surface area (Å²) in [4.78, 5) is 2.20. The van der Waals surface area contributed by atoms with Crippen molar-refractivity contribution < 1.29 is 10.2 Å². The Hall–Kier alpha value is -1.10. The molecule has 0 heterocycles. The highest BCUT2D eigenvalue weighted by Crippen LogP contribution is 2.09. The Morgan fingerprint density at radius 1 is 1.17 bits per heavy atom. The van der Waals surface area contributed by atoms with Crippen LogP contribution in [0.5, 0.6) is 5.75 Å². The number of phenols is 1. The van der Waals surface area contributed by atoms with E-state index in [1.165, 1.54) is 0 Å². The van der Waals surface area contributed by atoms with Crippen molar-refractivity contribution in [1.29, 1.82) is 0 Å². The maximum absolute atomic E-state index is 9.86. The molecule has 4 nitrogen and oxygen atoms in total. The SMILES string of the molecule is CCN(CC)CC(O)CNCc1ccc(O)cc1. The Morgan fingerprint density at radius 2 is 1.78 bits per heavy atom. The van der Waals surface area contributed by atoms with Gasteiger partial charge in [-0.05, 0) is 30.8 Å². The van der Waals surface area contributed by atoms with Crippen LogP contribution in [0.15, 0.2) is 24.3 Å². The van der Waals surface area contributed by atoms with Gasteiger partial charge in [0.1, 0.15) is 5.75 Å². The second kappa shape index (κ2) is 8.08. The first-order chi connectivity index (χ1) is 8.65. The minimum Gasteiger partial charge on any atom is -0.508 e. The molecule has 0 aromatic heterocycles. The summed E-state index contributed by atoms with van der Waals surface area (Å²) in [7, 11) is 0. The summed E-state index contributed by atoms with van der Waals surface area (Å²) >= 11 is 0.